The Labute approximate surface area is 95.9 Å². The van der Waals surface area contributed by atoms with Crippen LogP contribution in [0.15, 0.2) is 23.0 Å². The van der Waals surface area contributed by atoms with Gasteiger partial charge in [-0.05, 0) is 24.6 Å². The summed E-state index contributed by atoms with van der Waals surface area (Å²) in [5.74, 6) is 0. The van der Waals surface area contributed by atoms with Crippen LogP contribution in [0.1, 0.15) is 12.5 Å². The highest BCUT2D eigenvalue weighted by molar-refractivity contribution is 5.08. The molecular weight excluding hydrogens is 206 g/mol. The van der Waals surface area contributed by atoms with Crippen LogP contribution in [0, 0.1) is 0 Å². The summed E-state index contributed by atoms with van der Waals surface area (Å²) in [5.41, 5.74) is 1.19. The molecule has 1 N–H and O–H groups in total. The number of hydrogen-bond donors (Lipinski definition) is 1. The Morgan fingerprint density at radius 1 is 1.50 bits per heavy atom. The fourth-order valence-electron chi connectivity index (χ4n) is 2.00. The molecule has 0 aliphatic carbocycles. The normalized spacial score (nSPS) is 23.2. The molecule has 1 aromatic heterocycles. The average Bonchev–Trinajstić information content (AvgIpc) is 2.83. The van der Waals surface area contributed by atoms with E-state index in [1.54, 1.807) is 12.5 Å². The number of nitrogens with one attached hydrogen (secondary N) is 1. The van der Waals surface area contributed by atoms with Gasteiger partial charge in [-0.3, -0.25) is 0 Å². The second-order valence-corrected chi connectivity index (χ2v) is 3.98. The van der Waals surface area contributed by atoms with E-state index in [9.17, 15) is 0 Å². The molecule has 0 amide bonds. The van der Waals surface area contributed by atoms with Crippen LogP contribution < -0.4 is 5.32 Å². The van der Waals surface area contributed by atoms with Crippen LogP contribution in [0.25, 0.3) is 0 Å². The maximum atomic E-state index is 5.72. The van der Waals surface area contributed by atoms with Crippen LogP contribution in [0.4, 0.5) is 0 Å². The van der Waals surface area contributed by atoms with Crippen molar-refractivity contribution in [3.05, 3.63) is 24.2 Å². The molecule has 16 heavy (non-hydrogen) atoms. The molecule has 0 spiro atoms. The zero-order chi connectivity index (χ0) is 11.2. The fourth-order valence-corrected chi connectivity index (χ4v) is 2.00. The van der Waals surface area contributed by atoms with Gasteiger partial charge in [-0.1, -0.05) is 6.92 Å². The van der Waals surface area contributed by atoms with Gasteiger partial charge in [0.1, 0.15) is 0 Å². The molecular formula is C12H19NO3. The molecule has 1 fully saturated rings. The first-order valence-electron chi connectivity index (χ1n) is 5.84. The first kappa shape index (κ1) is 11.6. The minimum absolute atomic E-state index is 0.142. The van der Waals surface area contributed by atoms with E-state index >= 15 is 0 Å². The van der Waals surface area contributed by atoms with Gasteiger partial charge in [-0.15, -0.1) is 0 Å². The lowest BCUT2D eigenvalue weighted by Crippen LogP contribution is -2.47. The summed E-state index contributed by atoms with van der Waals surface area (Å²) in [6.45, 7) is 5.11. The van der Waals surface area contributed by atoms with Gasteiger partial charge in [0.05, 0.1) is 38.5 Å². The lowest BCUT2D eigenvalue weighted by atomic mass is 10.0. The minimum Gasteiger partial charge on any atom is -0.472 e. The molecule has 2 atom stereocenters. The van der Waals surface area contributed by atoms with E-state index in [-0.39, 0.29) is 6.10 Å². The Balaban J connectivity index is 1.92. The molecule has 1 aliphatic heterocycles. The lowest BCUT2D eigenvalue weighted by Gasteiger charge is -2.30. The Morgan fingerprint density at radius 3 is 3.06 bits per heavy atom. The Kier molecular flexibility index (Phi) is 4.39. The van der Waals surface area contributed by atoms with Crippen LogP contribution >= 0.6 is 0 Å². The lowest BCUT2D eigenvalue weighted by molar-refractivity contribution is -0.101. The van der Waals surface area contributed by atoms with Crippen molar-refractivity contribution < 1.29 is 13.9 Å². The summed E-state index contributed by atoms with van der Waals surface area (Å²) >= 11 is 0. The highest BCUT2D eigenvalue weighted by Crippen LogP contribution is 2.12. The molecule has 2 unspecified atom stereocenters. The van der Waals surface area contributed by atoms with Gasteiger partial charge in [0.2, 0.25) is 0 Å². The summed E-state index contributed by atoms with van der Waals surface area (Å²) < 4.78 is 16.2. The summed E-state index contributed by atoms with van der Waals surface area (Å²) in [5, 5.41) is 3.44. The molecule has 0 bridgehead atoms. The van der Waals surface area contributed by atoms with Crippen LogP contribution in [0.5, 0.6) is 0 Å². The maximum Gasteiger partial charge on any atom is 0.0965 e. The molecule has 4 nitrogen and oxygen atoms in total. The average molecular weight is 225 g/mol. The molecule has 1 aromatic rings. The number of likely N-dealkylation sites (N-methyl/N-ethyl adjacent to an activating group) is 1. The smallest absolute Gasteiger partial charge is 0.0965 e. The van der Waals surface area contributed by atoms with E-state index in [1.807, 2.05) is 6.07 Å². The summed E-state index contributed by atoms with van der Waals surface area (Å²) in [4.78, 5) is 0. The van der Waals surface area contributed by atoms with E-state index in [0.29, 0.717) is 25.9 Å². The summed E-state index contributed by atoms with van der Waals surface area (Å²) in [7, 11) is 0. The summed E-state index contributed by atoms with van der Waals surface area (Å²) in [6.07, 6.45) is 4.55. The monoisotopic (exact) mass is 225 g/mol. The third-order valence-electron chi connectivity index (χ3n) is 2.79. The van der Waals surface area contributed by atoms with Crippen molar-refractivity contribution in [3.8, 4) is 0 Å². The third kappa shape index (κ3) is 3.07. The fraction of sp³-hybridized carbons (Fsp3) is 0.667. The van der Waals surface area contributed by atoms with Gasteiger partial charge in [0.15, 0.2) is 0 Å². The minimum atomic E-state index is 0.142. The largest absolute Gasteiger partial charge is 0.472 e. The molecule has 0 aromatic carbocycles. The number of hydrogen-bond acceptors (Lipinski definition) is 4. The second kappa shape index (κ2) is 6.03. The van der Waals surface area contributed by atoms with Crippen LogP contribution in [-0.2, 0) is 15.9 Å². The van der Waals surface area contributed by atoms with E-state index < -0.39 is 0 Å². The van der Waals surface area contributed by atoms with Crippen molar-refractivity contribution in [2.75, 3.05) is 26.4 Å². The molecule has 90 valence electrons. The zero-order valence-corrected chi connectivity index (χ0v) is 9.65. The van der Waals surface area contributed by atoms with Gasteiger partial charge in [-0.2, -0.15) is 0 Å². The summed E-state index contributed by atoms with van der Waals surface area (Å²) in [6, 6.07) is 2.29. The molecule has 4 heteroatoms. The molecule has 0 saturated carbocycles. The molecule has 2 rings (SSSR count). The highest BCUT2D eigenvalue weighted by atomic mass is 16.6. The van der Waals surface area contributed by atoms with Gasteiger partial charge < -0.3 is 19.2 Å². The number of ether oxygens (including phenoxy) is 2. The zero-order valence-electron chi connectivity index (χ0n) is 9.65. The van der Waals surface area contributed by atoms with Crippen molar-refractivity contribution in [2.45, 2.75) is 25.5 Å². The van der Waals surface area contributed by atoms with Crippen LogP contribution in [0.3, 0.4) is 0 Å². The maximum absolute atomic E-state index is 5.72. The quantitative estimate of drug-likeness (QED) is 0.818. The molecule has 2 heterocycles. The molecule has 1 aliphatic rings. The van der Waals surface area contributed by atoms with Crippen LogP contribution in [0.2, 0.25) is 0 Å². The molecule has 0 radical (unpaired) electrons. The van der Waals surface area contributed by atoms with Crippen molar-refractivity contribution >= 4 is 0 Å². The van der Waals surface area contributed by atoms with Gasteiger partial charge in [0.25, 0.3) is 0 Å². The van der Waals surface area contributed by atoms with Crippen molar-refractivity contribution in [3.63, 3.8) is 0 Å². The van der Waals surface area contributed by atoms with E-state index in [1.165, 1.54) is 5.56 Å². The second-order valence-electron chi connectivity index (χ2n) is 3.98. The van der Waals surface area contributed by atoms with Crippen LogP contribution in [-0.4, -0.2) is 38.5 Å². The highest BCUT2D eigenvalue weighted by Gasteiger charge is 2.24. The van der Waals surface area contributed by atoms with E-state index in [2.05, 4.69) is 12.2 Å². The molecule has 1 saturated heterocycles. The van der Waals surface area contributed by atoms with Crippen molar-refractivity contribution in [1.29, 1.82) is 0 Å². The first-order valence-corrected chi connectivity index (χ1v) is 5.84. The first-order chi connectivity index (χ1) is 7.90. The standard InChI is InChI=1S/C12H19NO3/c1-2-13-11(7-10-3-4-14-8-10)12-9-15-5-6-16-12/h3-4,8,11-13H,2,5-7,9H2,1H3. The van der Waals surface area contributed by atoms with Gasteiger partial charge in [-0.25, -0.2) is 0 Å². The Morgan fingerprint density at radius 2 is 2.44 bits per heavy atom. The van der Waals surface area contributed by atoms with E-state index in [4.69, 9.17) is 13.9 Å². The SMILES string of the molecule is CCNC(Cc1ccoc1)C1COCCO1. The number of rotatable bonds is 5. The van der Waals surface area contributed by atoms with Gasteiger partial charge >= 0.3 is 0 Å². The van der Waals surface area contributed by atoms with Crippen molar-refractivity contribution in [2.24, 2.45) is 0 Å². The Bertz CT molecular complexity index is 280. The third-order valence-corrected chi connectivity index (χ3v) is 2.79. The predicted molar refractivity (Wildman–Crippen MR) is 60.4 cm³/mol. The topological polar surface area (TPSA) is 43.6 Å². The predicted octanol–water partition coefficient (Wildman–Crippen LogP) is 1.22. The van der Waals surface area contributed by atoms with E-state index in [0.717, 1.165) is 13.0 Å². The van der Waals surface area contributed by atoms with Crippen molar-refractivity contribution in [1.82, 2.24) is 5.32 Å². The van der Waals surface area contributed by atoms with Gasteiger partial charge in [0, 0.05) is 6.04 Å². The number of furan rings is 1. The Hall–Kier alpha value is -0.840.